The average molecular weight is 271 g/mol. The van der Waals surface area contributed by atoms with E-state index in [0.717, 1.165) is 16.3 Å². The first kappa shape index (κ1) is 13.2. The molecule has 0 unspecified atom stereocenters. The van der Waals surface area contributed by atoms with E-state index < -0.39 is 0 Å². The Bertz CT molecular complexity index is 628. The van der Waals surface area contributed by atoms with Gasteiger partial charge >= 0.3 is 0 Å². The molecule has 1 aromatic carbocycles. The second-order valence-electron chi connectivity index (χ2n) is 4.12. The molecule has 0 fully saturated rings. The predicted octanol–water partition coefficient (Wildman–Crippen LogP) is 2.18. The Morgan fingerprint density at radius 3 is 3.05 bits per heavy atom. The molecule has 0 aliphatic rings. The van der Waals surface area contributed by atoms with Gasteiger partial charge in [-0.3, -0.25) is 4.79 Å². The monoisotopic (exact) mass is 271 g/mol. The number of aryl methyl sites for hydroxylation is 1. The van der Waals surface area contributed by atoms with Crippen LogP contribution in [0.4, 0.5) is 0 Å². The number of carbonyl (C=O) groups excluding carboxylic acids is 1. The molecule has 0 radical (unpaired) electrons. The molecular weight excluding hydrogens is 258 g/mol. The van der Waals surface area contributed by atoms with Crippen molar-refractivity contribution < 1.29 is 4.79 Å². The Morgan fingerprint density at radius 1 is 1.53 bits per heavy atom. The maximum Gasteiger partial charge on any atom is 0.226 e. The topological polar surface area (TPSA) is 65.8 Å². The van der Waals surface area contributed by atoms with Crippen LogP contribution in [-0.2, 0) is 17.8 Å². The fraction of sp³-hybridized carbons (Fsp3) is 0.214. The van der Waals surface area contributed by atoms with Crippen LogP contribution in [0.1, 0.15) is 21.8 Å². The summed E-state index contributed by atoms with van der Waals surface area (Å²) in [6, 6.07) is 9.28. The summed E-state index contributed by atoms with van der Waals surface area (Å²) < 4.78 is 0. The molecule has 2 rings (SSSR count). The van der Waals surface area contributed by atoms with Gasteiger partial charge in [0.25, 0.3) is 0 Å². The second-order valence-corrected chi connectivity index (χ2v) is 5.19. The molecule has 0 atom stereocenters. The lowest BCUT2D eigenvalue weighted by Crippen LogP contribution is -2.24. The van der Waals surface area contributed by atoms with Crippen LogP contribution in [-0.4, -0.2) is 10.9 Å². The van der Waals surface area contributed by atoms with Crippen molar-refractivity contribution in [2.75, 3.05) is 0 Å². The van der Waals surface area contributed by atoms with Gasteiger partial charge in [0.15, 0.2) is 0 Å². The largest absolute Gasteiger partial charge is 0.352 e. The van der Waals surface area contributed by atoms with E-state index in [9.17, 15) is 4.79 Å². The molecule has 1 heterocycles. The zero-order valence-corrected chi connectivity index (χ0v) is 11.3. The fourth-order valence-electron chi connectivity index (χ4n) is 1.67. The standard InChI is InChI=1S/C14H13N3OS/c1-10-17-13(9-19-10)6-14(18)16-8-12-4-2-3-11(5-12)7-15/h2-5,9H,6,8H2,1H3,(H,16,18). The van der Waals surface area contributed by atoms with E-state index in [1.807, 2.05) is 24.4 Å². The Balaban J connectivity index is 1.88. The summed E-state index contributed by atoms with van der Waals surface area (Å²) in [6.07, 6.45) is 0.294. The summed E-state index contributed by atoms with van der Waals surface area (Å²) in [5.41, 5.74) is 2.31. The Labute approximate surface area is 115 Å². The third-order valence-electron chi connectivity index (χ3n) is 2.55. The van der Waals surface area contributed by atoms with E-state index in [1.54, 1.807) is 12.1 Å². The van der Waals surface area contributed by atoms with E-state index in [4.69, 9.17) is 5.26 Å². The smallest absolute Gasteiger partial charge is 0.226 e. The van der Waals surface area contributed by atoms with Gasteiger partial charge in [-0.15, -0.1) is 11.3 Å². The Morgan fingerprint density at radius 2 is 2.37 bits per heavy atom. The average Bonchev–Trinajstić information content (AvgIpc) is 2.82. The molecule has 0 saturated carbocycles. The van der Waals surface area contributed by atoms with Crippen molar-refractivity contribution in [3.05, 3.63) is 51.5 Å². The van der Waals surface area contributed by atoms with Gasteiger partial charge in [0.05, 0.1) is 28.8 Å². The summed E-state index contributed by atoms with van der Waals surface area (Å²) in [4.78, 5) is 16.0. The van der Waals surface area contributed by atoms with Crippen LogP contribution in [0.2, 0.25) is 0 Å². The zero-order valence-electron chi connectivity index (χ0n) is 10.5. The van der Waals surface area contributed by atoms with Crippen LogP contribution in [0, 0.1) is 18.3 Å². The van der Waals surface area contributed by atoms with Crippen LogP contribution in [0.25, 0.3) is 0 Å². The maximum atomic E-state index is 11.7. The highest BCUT2D eigenvalue weighted by atomic mass is 32.1. The number of carbonyl (C=O) groups is 1. The van der Waals surface area contributed by atoms with Crippen LogP contribution in [0.3, 0.4) is 0 Å². The maximum absolute atomic E-state index is 11.7. The van der Waals surface area contributed by atoms with Gasteiger partial charge in [-0.2, -0.15) is 5.26 Å². The highest BCUT2D eigenvalue weighted by Crippen LogP contribution is 2.08. The number of thiazole rings is 1. The summed E-state index contributed by atoms with van der Waals surface area (Å²) in [5.74, 6) is -0.0624. The van der Waals surface area contributed by atoms with Gasteiger partial charge in [0.2, 0.25) is 5.91 Å². The molecule has 0 saturated heterocycles. The molecule has 2 aromatic rings. The van der Waals surface area contributed by atoms with Crippen LogP contribution in [0.15, 0.2) is 29.6 Å². The van der Waals surface area contributed by atoms with Crippen molar-refractivity contribution in [3.63, 3.8) is 0 Å². The summed E-state index contributed by atoms with van der Waals surface area (Å²) >= 11 is 1.54. The SMILES string of the molecule is Cc1nc(CC(=O)NCc2cccc(C#N)c2)cs1. The molecule has 0 spiro atoms. The van der Waals surface area contributed by atoms with Gasteiger partial charge in [-0.25, -0.2) is 4.98 Å². The van der Waals surface area contributed by atoms with Crippen LogP contribution in [0.5, 0.6) is 0 Å². The molecule has 19 heavy (non-hydrogen) atoms. The van der Waals surface area contributed by atoms with E-state index in [-0.39, 0.29) is 5.91 Å². The van der Waals surface area contributed by atoms with Gasteiger partial charge in [0, 0.05) is 11.9 Å². The molecule has 0 bridgehead atoms. The molecule has 0 aliphatic carbocycles. The van der Waals surface area contributed by atoms with Gasteiger partial charge in [-0.1, -0.05) is 12.1 Å². The summed E-state index contributed by atoms with van der Waals surface area (Å²) in [6.45, 7) is 2.34. The van der Waals surface area contributed by atoms with Crippen molar-refractivity contribution in [1.29, 1.82) is 5.26 Å². The lowest BCUT2D eigenvalue weighted by Gasteiger charge is -2.04. The Kier molecular flexibility index (Phi) is 4.26. The second kappa shape index (κ2) is 6.12. The van der Waals surface area contributed by atoms with Gasteiger partial charge < -0.3 is 5.32 Å². The molecule has 4 nitrogen and oxygen atoms in total. The zero-order chi connectivity index (χ0) is 13.7. The van der Waals surface area contributed by atoms with Gasteiger partial charge in [0.1, 0.15) is 0 Å². The number of nitrogens with zero attached hydrogens (tertiary/aromatic N) is 2. The van der Waals surface area contributed by atoms with E-state index in [2.05, 4.69) is 16.4 Å². The number of hydrogen-bond acceptors (Lipinski definition) is 4. The van der Waals surface area contributed by atoms with Crippen molar-refractivity contribution in [1.82, 2.24) is 10.3 Å². The third-order valence-corrected chi connectivity index (χ3v) is 3.38. The van der Waals surface area contributed by atoms with E-state index >= 15 is 0 Å². The number of nitrogens with one attached hydrogen (secondary N) is 1. The molecule has 1 N–H and O–H groups in total. The minimum absolute atomic E-state index is 0.0624. The summed E-state index contributed by atoms with van der Waals surface area (Å²) in [7, 11) is 0. The van der Waals surface area contributed by atoms with Crippen molar-refractivity contribution in [2.45, 2.75) is 19.9 Å². The normalized spacial score (nSPS) is 9.89. The lowest BCUT2D eigenvalue weighted by atomic mass is 10.1. The van der Waals surface area contributed by atoms with Crippen molar-refractivity contribution >= 4 is 17.2 Å². The van der Waals surface area contributed by atoms with Crippen molar-refractivity contribution in [3.8, 4) is 6.07 Å². The van der Waals surface area contributed by atoms with Crippen LogP contribution < -0.4 is 5.32 Å². The third kappa shape index (κ3) is 3.90. The molecule has 1 aromatic heterocycles. The van der Waals surface area contributed by atoms with E-state index in [0.29, 0.717) is 18.5 Å². The first-order valence-corrected chi connectivity index (χ1v) is 6.72. The number of nitriles is 1. The van der Waals surface area contributed by atoms with E-state index in [1.165, 1.54) is 11.3 Å². The summed E-state index contributed by atoms with van der Waals surface area (Å²) in [5, 5.41) is 14.5. The minimum Gasteiger partial charge on any atom is -0.352 e. The minimum atomic E-state index is -0.0624. The number of rotatable bonds is 4. The molecule has 5 heteroatoms. The number of amides is 1. The molecule has 96 valence electrons. The highest BCUT2D eigenvalue weighted by molar-refractivity contribution is 7.09. The predicted molar refractivity (Wildman–Crippen MR) is 73.6 cm³/mol. The molecule has 1 amide bonds. The highest BCUT2D eigenvalue weighted by Gasteiger charge is 2.06. The fourth-order valence-corrected chi connectivity index (χ4v) is 2.28. The molecule has 0 aliphatic heterocycles. The quantitative estimate of drug-likeness (QED) is 0.927. The van der Waals surface area contributed by atoms with Gasteiger partial charge in [-0.05, 0) is 24.6 Å². The number of aromatic nitrogens is 1. The molecular formula is C14H13N3OS. The van der Waals surface area contributed by atoms with Crippen LogP contribution >= 0.6 is 11.3 Å². The first-order valence-electron chi connectivity index (χ1n) is 5.84. The first-order chi connectivity index (χ1) is 9.17. The lowest BCUT2D eigenvalue weighted by molar-refractivity contribution is -0.120. The Hall–Kier alpha value is -2.19. The number of hydrogen-bond donors (Lipinski definition) is 1. The number of benzene rings is 1. The van der Waals surface area contributed by atoms with Crippen molar-refractivity contribution in [2.24, 2.45) is 0 Å².